The first kappa shape index (κ1) is 17.5. The summed E-state index contributed by atoms with van der Waals surface area (Å²) >= 11 is 0. The Morgan fingerprint density at radius 1 is 1.16 bits per heavy atom. The molecule has 2 aromatic carbocycles. The molecule has 0 radical (unpaired) electrons. The summed E-state index contributed by atoms with van der Waals surface area (Å²) in [5.74, 6) is 1.02. The van der Waals surface area contributed by atoms with Gasteiger partial charge in [0.15, 0.2) is 0 Å². The number of carbonyl (C=O) groups is 1. The van der Waals surface area contributed by atoms with Crippen LogP contribution in [0.4, 0.5) is 0 Å². The van der Waals surface area contributed by atoms with Crippen LogP contribution in [0.5, 0.6) is 5.75 Å². The minimum atomic E-state index is 0.0622. The molecule has 1 saturated heterocycles. The molecule has 1 atom stereocenters. The number of hydrogen-bond acceptors (Lipinski definition) is 3. The lowest BCUT2D eigenvalue weighted by Gasteiger charge is -2.32. The molecule has 1 aliphatic heterocycles. The van der Waals surface area contributed by atoms with Crippen LogP contribution in [0.15, 0.2) is 54.6 Å². The van der Waals surface area contributed by atoms with Gasteiger partial charge in [0.2, 0.25) is 5.91 Å². The maximum Gasteiger partial charge on any atom is 0.224 e. The van der Waals surface area contributed by atoms with E-state index in [1.165, 1.54) is 5.56 Å². The molecule has 1 fully saturated rings. The second-order valence-electron chi connectivity index (χ2n) is 6.59. The fourth-order valence-corrected chi connectivity index (χ4v) is 3.43. The normalized spacial score (nSPS) is 17.9. The van der Waals surface area contributed by atoms with Crippen LogP contribution in [0.3, 0.4) is 0 Å². The molecule has 0 aromatic heterocycles. The fraction of sp³-hybridized carbons (Fsp3) is 0.381. The first-order chi connectivity index (χ1) is 12.3. The van der Waals surface area contributed by atoms with E-state index < -0.39 is 0 Å². The van der Waals surface area contributed by atoms with Gasteiger partial charge >= 0.3 is 0 Å². The number of benzene rings is 2. The number of nitrogens with one attached hydrogen (secondary N) is 1. The summed E-state index contributed by atoms with van der Waals surface area (Å²) in [5.41, 5.74) is 2.31. The zero-order valence-corrected chi connectivity index (χ0v) is 14.8. The summed E-state index contributed by atoms with van der Waals surface area (Å²) in [7, 11) is 1.66. The number of piperidine rings is 1. The molecule has 1 unspecified atom stereocenters. The van der Waals surface area contributed by atoms with Gasteiger partial charge in [-0.15, -0.1) is 0 Å². The van der Waals surface area contributed by atoms with Gasteiger partial charge in [-0.3, -0.25) is 9.69 Å². The second-order valence-corrected chi connectivity index (χ2v) is 6.59. The summed E-state index contributed by atoms with van der Waals surface area (Å²) in [6.45, 7) is 3.31. The number of likely N-dealkylation sites (tertiary alicyclic amines) is 1. The third-order valence-corrected chi connectivity index (χ3v) is 4.77. The van der Waals surface area contributed by atoms with Gasteiger partial charge in [0.25, 0.3) is 0 Å². The SMILES string of the molecule is COc1ccccc1CNC(=O)C1CCCN(Cc2ccccc2)C1. The maximum atomic E-state index is 12.6. The summed E-state index contributed by atoms with van der Waals surface area (Å²) < 4.78 is 5.35. The molecular formula is C21H26N2O2. The highest BCUT2D eigenvalue weighted by Crippen LogP contribution is 2.20. The Labute approximate surface area is 149 Å². The number of hydrogen-bond donors (Lipinski definition) is 1. The number of nitrogens with zero attached hydrogens (tertiary/aromatic N) is 1. The van der Waals surface area contributed by atoms with Gasteiger partial charge in [0.1, 0.15) is 5.75 Å². The molecule has 4 heteroatoms. The molecule has 0 bridgehead atoms. The largest absolute Gasteiger partial charge is 0.496 e. The van der Waals surface area contributed by atoms with Crippen LogP contribution in [0.1, 0.15) is 24.0 Å². The monoisotopic (exact) mass is 338 g/mol. The van der Waals surface area contributed by atoms with E-state index in [0.717, 1.165) is 43.8 Å². The third kappa shape index (κ3) is 4.83. The van der Waals surface area contributed by atoms with Gasteiger partial charge in [-0.1, -0.05) is 48.5 Å². The van der Waals surface area contributed by atoms with Crippen molar-refractivity contribution >= 4 is 5.91 Å². The van der Waals surface area contributed by atoms with E-state index >= 15 is 0 Å². The van der Waals surface area contributed by atoms with Gasteiger partial charge in [0.05, 0.1) is 13.0 Å². The van der Waals surface area contributed by atoms with Gasteiger partial charge < -0.3 is 10.1 Å². The molecule has 2 aromatic rings. The Morgan fingerprint density at radius 3 is 2.72 bits per heavy atom. The van der Waals surface area contributed by atoms with Crippen LogP contribution in [0.25, 0.3) is 0 Å². The lowest BCUT2D eigenvalue weighted by atomic mass is 9.96. The van der Waals surface area contributed by atoms with Crippen LogP contribution in [0.2, 0.25) is 0 Å². The second kappa shape index (κ2) is 8.67. The van der Waals surface area contributed by atoms with Crippen molar-refractivity contribution in [1.29, 1.82) is 0 Å². The van der Waals surface area contributed by atoms with Crippen molar-refractivity contribution in [2.75, 3.05) is 20.2 Å². The van der Waals surface area contributed by atoms with Crippen molar-refractivity contribution < 1.29 is 9.53 Å². The topological polar surface area (TPSA) is 41.6 Å². The molecule has 4 nitrogen and oxygen atoms in total. The Balaban J connectivity index is 1.53. The third-order valence-electron chi connectivity index (χ3n) is 4.77. The van der Waals surface area contributed by atoms with Gasteiger partial charge in [0, 0.05) is 25.2 Å². The molecule has 0 spiro atoms. The van der Waals surface area contributed by atoms with E-state index in [9.17, 15) is 4.79 Å². The lowest BCUT2D eigenvalue weighted by Crippen LogP contribution is -2.42. The zero-order chi connectivity index (χ0) is 17.5. The molecule has 1 amide bonds. The number of amides is 1. The van der Waals surface area contributed by atoms with Crippen LogP contribution in [-0.4, -0.2) is 31.0 Å². The van der Waals surface area contributed by atoms with E-state index in [4.69, 9.17) is 4.74 Å². The van der Waals surface area contributed by atoms with Gasteiger partial charge in [-0.05, 0) is 31.0 Å². The molecule has 0 aliphatic carbocycles. The highest BCUT2D eigenvalue weighted by atomic mass is 16.5. The predicted molar refractivity (Wildman–Crippen MR) is 99.3 cm³/mol. The van der Waals surface area contributed by atoms with Crippen molar-refractivity contribution in [2.24, 2.45) is 5.92 Å². The number of rotatable bonds is 6. The van der Waals surface area contributed by atoms with Gasteiger partial charge in [-0.25, -0.2) is 0 Å². The first-order valence-electron chi connectivity index (χ1n) is 8.92. The highest BCUT2D eigenvalue weighted by Gasteiger charge is 2.25. The minimum Gasteiger partial charge on any atom is -0.496 e. The number of para-hydroxylation sites is 1. The summed E-state index contributed by atoms with van der Waals surface area (Å²) in [6.07, 6.45) is 2.03. The number of carbonyl (C=O) groups excluding carboxylic acids is 1. The Morgan fingerprint density at radius 2 is 1.92 bits per heavy atom. The quantitative estimate of drug-likeness (QED) is 0.879. The zero-order valence-electron chi connectivity index (χ0n) is 14.8. The number of methoxy groups -OCH3 is 1. The molecule has 132 valence electrons. The van der Waals surface area contributed by atoms with E-state index in [1.807, 2.05) is 30.3 Å². The molecule has 1 aliphatic rings. The van der Waals surface area contributed by atoms with Crippen LogP contribution >= 0.6 is 0 Å². The molecule has 3 rings (SSSR count). The molecule has 1 N–H and O–H groups in total. The average Bonchev–Trinajstić information content (AvgIpc) is 2.67. The number of ether oxygens (including phenoxy) is 1. The van der Waals surface area contributed by atoms with Crippen molar-refractivity contribution in [3.8, 4) is 5.75 Å². The Bertz CT molecular complexity index is 687. The van der Waals surface area contributed by atoms with Crippen LogP contribution in [0, 0.1) is 5.92 Å². The van der Waals surface area contributed by atoms with E-state index in [1.54, 1.807) is 7.11 Å². The standard InChI is InChI=1S/C21H26N2O2/c1-25-20-12-6-5-10-18(20)14-22-21(24)19-11-7-13-23(16-19)15-17-8-3-2-4-9-17/h2-6,8-10,12,19H,7,11,13-16H2,1H3,(H,22,24). The van der Waals surface area contributed by atoms with Crippen molar-refractivity contribution in [3.63, 3.8) is 0 Å². The van der Waals surface area contributed by atoms with Gasteiger partial charge in [-0.2, -0.15) is 0 Å². The summed E-state index contributed by atoms with van der Waals surface area (Å²) in [5, 5.41) is 3.08. The van der Waals surface area contributed by atoms with Crippen molar-refractivity contribution in [3.05, 3.63) is 65.7 Å². The average molecular weight is 338 g/mol. The highest BCUT2D eigenvalue weighted by molar-refractivity contribution is 5.79. The molecule has 0 saturated carbocycles. The van der Waals surface area contributed by atoms with Crippen LogP contribution < -0.4 is 10.1 Å². The smallest absolute Gasteiger partial charge is 0.224 e. The summed E-state index contributed by atoms with van der Waals surface area (Å²) in [4.78, 5) is 15.0. The molecular weight excluding hydrogens is 312 g/mol. The minimum absolute atomic E-state index is 0.0622. The van der Waals surface area contributed by atoms with E-state index in [0.29, 0.717) is 6.54 Å². The van der Waals surface area contributed by atoms with Crippen molar-refractivity contribution in [2.45, 2.75) is 25.9 Å². The van der Waals surface area contributed by atoms with Crippen molar-refractivity contribution in [1.82, 2.24) is 10.2 Å². The summed E-state index contributed by atoms with van der Waals surface area (Å²) in [6, 6.07) is 18.3. The predicted octanol–water partition coefficient (Wildman–Crippen LogP) is 3.22. The maximum absolute atomic E-state index is 12.6. The van der Waals surface area contributed by atoms with Crippen LogP contribution in [-0.2, 0) is 17.9 Å². The molecule has 25 heavy (non-hydrogen) atoms. The van der Waals surface area contributed by atoms with E-state index in [2.05, 4.69) is 34.5 Å². The Hall–Kier alpha value is -2.33. The fourth-order valence-electron chi connectivity index (χ4n) is 3.43. The Kier molecular flexibility index (Phi) is 6.07. The first-order valence-corrected chi connectivity index (χ1v) is 8.92. The molecule has 1 heterocycles. The lowest BCUT2D eigenvalue weighted by molar-refractivity contribution is -0.126. The van der Waals surface area contributed by atoms with E-state index in [-0.39, 0.29) is 11.8 Å².